The van der Waals surface area contributed by atoms with E-state index in [9.17, 15) is 8.78 Å². The van der Waals surface area contributed by atoms with Gasteiger partial charge in [0.2, 0.25) is 5.82 Å². The Morgan fingerprint density at radius 1 is 0.923 bits per heavy atom. The molecule has 0 spiro atoms. The molecular formula is C18H11F2N5O. The molecule has 4 heterocycles. The fourth-order valence-electron chi connectivity index (χ4n) is 2.45. The first-order valence-corrected chi connectivity index (χ1v) is 7.64. The van der Waals surface area contributed by atoms with Crippen LogP contribution in [0.5, 0.6) is 0 Å². The van der Waals surface area contributed by atoms with Crippen LogP contribution in [-0.4, -0.2) is 25.1 Å². The molecule has 0 aliphatic rings. The van der Waals surface area contributed by atoms with Gasteiger partial charge in [-0.2, -0.15) is 4.98 Å². The lowest BCUT2D eigenvalue weighted by molar-refractivity contribution is 0.430. The third-order valence-corrected chi connectivity index (χ3v) is 3.79. The third kappa shape index (κ3) is 2.92. The maximum absolute atomic E-state index is 14.3. The Morgan fingerprint density at radius 2 is 1.77 bits per heavy atom. The highest BCUT2D eigenvalue weighted by atomic mass is 19.1. The average molecular weight is 351 g/mol. The highest BCUT2D eigenvalue weighted by Gasteiger charge is 2.16. The van der Waals surface area contributed by atoms with Crippen molar-refractivity contribution in [2.45, 2.75) is 6.92 Å². The largest absolute Gasteiger partial charge is 0.332 e. The van der Waals surface area contributed by atoms with Gasteiger partial charge in [-0.1, -0.05) is 5.16 Å². The summed E-state index contributed by atoms with van der Waals surface area (Å²) in [5, 5.41) is 3.82. The van der Waals surface area contributed by atoms with E-state index in [-0.39, 0.29) is 11.7 Å². The second-order valence-corrected chi connectivity index (χ2v) is 5.52. The second kappa shape index (κ2) is 6.40. The van der Waals surface area contributed by atoms with Crippen molar-refractivity contribution >= 4 is 0 Å². The van der Waals surface area contributed by atoms with Crippen LogP contribution in [0.25, 0.3) is 34.2 Å². The molecule has 4 aromatic heterocycles. The summed E-state index contributed by atoms with van der Waals surface area (Å²) in [7, 11) is 0. The Kier molecular flexibility index (Phi) is 3.92. The molecule has 0 fully saturated rings. The van der Waals surface area contributed by atoms with E-state index in [2.05, 4.69) is 25.1 Å². The zero-order chi connectivity index (χ0) is 18.1. The molecule has 0 aromatic carbocycles. The number of pyridine rings is 3. The first kappa shape index (κ1) is 15.9. The summed E-state index contributed by atoms with van der Waals surface area (Å²) >= 11 is 0. The molecule has 0 amide bonds. The molecule has 6 nitrogen and oxygen atoms in total. The Hall–Kier alpha value is -3.55. The van der Waals surface area contributed by atoms with E-state index in [4.69, 9.17) is 4.52 Å². The molecule has 128 valence electrons. The number of hydrogen-bond donors (Lipinski definition) is 0. The second-order valence-electron chi connectivity index (χ2n) is 5.52. The van der Waals surface area contributed by atoms with Crippen molar-refractivity contribution in [2.24, 2.45) is 0 Å². The van der Waals surface area contributed by atoms with Crippen LogP contribution in [0.15, 0.2) is 53.6 Å². The zero-order valence-corrected chi connectivity index (χ0v) is 13.5. The Balaban J connectivity index is 1.74. The van der Waals surface area contributed by atoms with Crippen LogP contribution in [0.3, 0.4) is 0 Å². The number of aromatic nitrogens is 5. The maximum atomic E-state index is 14.3. The van der Waals surface area contributed by atoms with Crippen LogP contribution >= 0.6 is 0 Å². The molecule has 8 heteroatoms. The number of nitrogens with zero attached hydrogens (tertiary/aromatic N) is 5. The molecule has 0 bridgehead atoms. The number of halogens is 2. The minimum Gasteiger partial charge on any atom is -0.332 e. The normalized spacial score (nSPS) is 10.9. The predicted molar refractivity (Wildman–Crippen MR) is 88.6 cm³/mol. The Bertz CT molecular complexity index is 1080. The molecule has 0 atom stereocenters. The van der Waals surface area contributed by atoms with Gasteiger partial charge in [0.15, 0.2) is 0 Å². The maximum Gasteiger partial charge on any atom is 0.276 e. The lowest BCUT2D eigenvalue weighted by atomic mass is 10.0. The summed E-state index contributed by atoms with van der Waals surface area (Å²) in [5.74, 6) is -0.655. The Morgan fingerprint density at radius 3 is 2.54 bits per heavy atom. The van der Waals surface area contributed by atoms with Gasteiger partial charge in [-0.15, -0.1) is 0 Å². The number of rotatable bonds is 3. The Labute approximate surface area is 146 Å². The number of aryl methyl sites for hydroxylation is 1. The van der Waals surface area contributed by atoms with Gasteiger partial charge in [-0.3, -0.25) is 4.98 Å². The van der Waals surface area contributed by atoms with Gasteiger partial charge in [-0.05, 0) is 36.8 Å². The summed E-state index contributed by atoms with van der Waals surface area (Å²) in [5.41, 5.74) is 2.52. The van der Waals surface area contributed by atoms with E-state index in [1.807, 2.05) is 6.92 Å². The van der Waals surface area contributed by atoms with Crippen molar-refractivity contribution < 1.29 is 13.3 Å². The smallest absolute Gasteiger partial charge is 0.276 e. The molecule has 0 radical (unpaired) electrons. The van der Waals surface area contributed by atoms with E-state index < -0.39 is 11.6 Å². The summed E-state index contributed by atoms with van der Waals surface area (Å²) in [6.45, 7) is 1.86. The average Bonchev–Trinajstić information content (AvgIpc) is 3.13. The van der Waals surface area contributed by atoms with Crippen molar-refractivity contribution in [3.63, 3.8) is 0 Å². The van der Waals surface area contributed by atoms with Crippen molar-refractivity contribution in [1.29, 1.82) is 0 Å². The van der Waals surface area contributed by atoms with Crippen molar-refractivity contribution in [2.75, 3.05) is 0 Å². The molecule has 26 heavy (non-hydrogen) atoms. The minimum absolute atomic E-state index is 0.105. The number of hydrogen-bond acceptors (Lipinski definition) is 6. The van der Waals surface area contributed by atoms with Crippen molar-refractivity contribution in [3.05, 3.63) is 66.3 Å². The van der Waals surface area contributed by atoms with Crippen LogP contribution in [0, 0.1) is 18.6 Å². The minimum atomic E-state index is -0.482. The van der Waals surface area contributed by atoms with E-state index >= 15 is 0 Å². The van der Waals surface area contributed by atoms with E-state index in [0.717, 1.165) is 18.0 Å². The van der Waals surface area contributed by atoms with Crippen molar-refractivity contribution in [1.82, 2.24) is 25.1 Å². The van der Waals surface area contributed by atoms with Crippen LogP contribution in [-0.2, 0) is 0 Å². The van der Waals surface area contributed by atoms with Gasteiger partial charge < -0.3 is 4.52 Å². The van der Waals surface area contributed by atoms with E-state index in [1.165, 1.54) is 18.2 Å². The van der Waals surface area contributed by atoms with Crippen LogP contribution < -0.4 is 0 Å². The topological polar surface area (TPSA) is 77.6 Å². The van der Waals surface area contributed by atoms with Gasteiger partial charge in [-0.25, -0.2) is 18.7 Å². The molecule has 4 aromatic rings. The SMILES string of the molecule is Cc1ccncc1-c1cc(-c2nc(-c3ccc(F)cn3)no2)ncc1F. The monoisotopic (exact) mass is 351 g/mol. The summed E-state index contributed by atoms with van der Waals surface area (Å²) < 4.78 is 32.4. The zero-order valence-electron chi connectivity index (χ0n) is 13.5. The molecule has 0 saturated heterocycles. The lowest BCUT2D eigenvalue weighted by Gasteiger charge is -2.07. The van der Waals surface area contributed by atoms with Crippen LogP contribution in [0.2, 0.25) is 0 Å². The summed E-state index contributed by atoms with van der Waals surface area (Å²) in [6.07, 6.45) is 5.37. The van der Waals surface area contributed by atoms with Crippen molar-refractivity contribution in [3.8, 4) is 34.2 Å². The summed E-state index contributed by atoms with van der Waals surface area (Å²) in [4.78, 5) is 16.2. The first-order valence-electron chi connectivity index (χ1n) is 7.64. The van der Waals surface area contributed by atoms with Gasteiger partial charge in [0.1, 0.15) is 23.0 Å². The molecule has 0 saturated carbocycles. The molecule has 0 aliphatic heterocycles. The highest BCUT2D eigenvalue weighted by molar-refractivity contribution is 5.70. The van der Waals surface area contributed by atoms with Crippen LogP contribution in [0.4, 0.5) is 8.78 Å². The lowest BCUT2D eigenvalue weighted by Crippen LogP contribution is -1.93. The van der Waals surface area contributed by atoms with E-state index in [0.29, 0.717) is 22.5 Å². The quantitative estimate of drug-likeness (QED) is 0.558. The van der Waals surface area contributed by atoms with E-state index in [1.54, 1.807) is 18.5 Å². The van der Waals surface area contributed by atoms with Gasteiger partial charge in [0.05, 0.1) is 12.4 Å². The van der Waals surface area contributed by atoms with Gasteiger partial charge >= 0.3 is 0 Å². The first-order chi connectivity index (χ1) is 12.6. The van der Waals surface area contributed by atoms with Crippen LogP contribution in [0.1, 0.15) is 5.56 Å². The highest BCUT2D eigenvalue weighted by Crippen LogP contribution is 2.28. The molecule has 4 rings (SSSR count). The molecule has 0 unspecified atom stereocenters. The molecule has 0 N–H and O–H groups in total. The third-order valence-electron chi connectivity index (χ3n) is 3.79. The fraction of sp³-hybridized carbons (Fsp3) is 0.0556. The standard InChI is InChI=1S/C18H11F2N5O/c1-10-4-5-21-8-13(10)12-6-16(23-9-14(12)20)18-24-17(25-26-18)15-3-2-11(19)7-22-15/h2-9H,1H3. The van der Waals surface area contributed by atoms with Gasteiger partial charge in [0, 0.05) is 23.5 Å². The fourth-order valence-corrected chi connectivity index (χ4v) is 2.45. The predicted octanol–water partition coefficient (Wildman–Crippen LogP) is 3.84. The molecular weight excluding hydrogens is 340 g/mol. The van der Waals surface area contributed by atoms with Gasteiger partial charge in [0.25, 0.3) is 5.89 Å². The molecule has 0 aliphatic carbocycles. The summed E-state index contributed by atoms with van der Waals surface area (Å²) in [6, 6.07) is 6.00.